The van der Waals surface area contributed by atoms with Crippen molar-refractivity contribution in [2.75, 3.05) is 5.75 Å². The smallest absolute Gasteiger partial charge is 0.0106 e. The minimum atomic E-state index is 0.453. The Balaban J connectivity index is 3.92. The Hall–Kier alpha value is 0.350. The van der Waals surface area contributed by atoms with Gasteiger partial charge >= 0.3 is 0 Å². The Morgan fingerprint density at radius 1 is 1.00 bits per heavy atom. The third-order valence-corrected chi connectivity index (χ3v) is 5.75. The molecule has 0 bridgehead atoms. The van der Waals surface area contributed by atoms with E-state index in [2.05, 4.69) is 67.2 Å². The second-order valence-electron chi connectivity index (χ2n) is 7.61. The molecule has 0 saturated heterocycles. The Morgan fingerprint density at radius 2 is 1.56 bits per heavy atom. The molecule has 0 aromatic rings. The SMILES string of the molecule is CC[C@H](C)C(C)(C)CCCSC(C)(C)CC(C)C. The average molecular weight is 273 g/mol. The first-order valence-electron chi connectivity index (χ1n) is 7.74. The van der Waals surface area contributed by atoms with Gasteiger partial charge < -0.3 is 0 Å². The Kier molecular flexibility index (Phi) is 7.97. The van der Waals surface area contributed by atoms with Gasteiger partial charge in [-0.25, -0.2) is 0 Å². The summed E-state index contributed by atoms with van der Waals surface area (Å²) in [6.45, 7) is 19.0. The van der Waals surface area contributed by atoms with E-state index in [9.17, 15) is 0 Å². The minimum absolute atomic E-state index is 0.453. The first-order chi connectivity index (χ1) is 8.10. The van der Waals surface area contributed by atoms with Crippen LogP contribution in [0, 0.1) is 17.3 Å². The normalized spacial score (nSPS) is 15.2. The molecule has 0 unspecified atom stereocenters. The van der Waals surface area contributed by atoms with Crippen LogP contribution in [-0.4, -0.2) is 10.5 Å². The Labute approximate surface area is 121 Å². The van der Waals surface area contributed by atoms with E-state index in [1.807, 2.05) is 0 Å². The van der Waals surface area contributed by atoms with Crippen molar-refractivity contribution in [3.63, 3.8) is 0 Å². The van der Waals surface area contributed by atoms with Crippen LogP contribution in [0.2, 0.25) is 0 Å². The Bertz CT molecular complexity index is 216. The molecule has 1 atom stereocenters. The van der Waals surface area contributed by atoms with Crippen LogP contribution in [0.1, 0.15) is 81.1 Å². The lowest BCUT2D eigenvalue weighted by molar-refractivity contribution is 0.205. The third-order valence-electron chi connectivity index (χ3n) is 4.30. The van der Waals surface area contributed by atoms with E-state index in [0.717, 1.165) is 11.8 Å². The van der Waals surface area contributed by atoms with E-state index < -0.39 is 0 Å². The van der Waals surface area contributed by atoms with Crippen LogP contribution in [0.4, 0.5) is 0 Å². The largest absolute Gasteiger partial charge is 0.156 e. The lowest BCUT2D eigenvalue weighted by Gasteiger charge is -2.32. The zero-order valence-electron chi connectivity index (χ0n) is 14.1. The molecule has 0 N–H and O–H groups in total. The first-order valence-corrected chi connectivity index (χ1v) is 8.73. The molecule has 0 nitrogen and oxygen atoms in total. The predicted molar refractivity (Wildman–Crippen MR) is 88.5 cm³/mol. The van der Waals surface area contributed by atoms with Crippen LogP contribution in [0.3, 0.4) is 0 Å². The van der Waals surface area contributed by atoms with Crippen LogP contribution >= 0.6 is 11.8 Å². The first kappa shape index (κ1) is 18.4. The fourth-order valence-corrected chi connectivity index (χ4v) is 4.01. The van der Waals surface area contributed by atoms with Gasteiger partial charge in [0, 0.05) is 4.75 Å². The molecule has 0 spiro atoms. The quantitative estimate of drug-likeness (QED) is 0.438. The van der Waals surface area contributed by atoms with Gasteiger partial charge in [0.15, 0.2) is 0 Å². The summed E-state index contributed by atoms with van der Waals surface area (Å²) < 4.78 is 0.453. The van der Waals surface area contributed by atoms with E-state index >= 15 is 0 Å². The van der Waals surface area contributed by atoms with Crippen LogP contribution < -0.4 is 0 Å². The van der Waals surface area contributed by atoms with E-state index in [1.165, 1.54) is 31.4 Å². The molecule has 18 heavy (non-hydrogen) atoms. The predicted octanol–water partition coefficient (Wildman–Crippen LogP) is 6.40. The highest BCUT2D eigenvalue weighted by Crippen LogP contribution is 2.36. The zero-order valence-corrected chi connectivity index (χ0v) is 14.9. The van der Waals surface area contributed by atoms with Crippen LogP contribution in [0.25, 0.3) is 0 Å². The fraction of sp³-hybridized carbons (Fsp3) is 1.00. The van der Waals surface area contributed by atoms with Gasteiger partial charge in [0.05, 0.1) is 0 Å². The maximum Gasteiger partial charge on any atom is 0.0106 e. The summed E-state index contributed by atoms with van der Waals surface area (Å²) in [6.07, 6.45) is 5.36. The molecule has 0 aromatic carbocycles. The van der Waals surface area contributed by atoms with Crippen molar-refractivity contribution in [3.05, 3.63) is 0 Å². The molecule has 0 saturated carbocycles. The molecule has 0 aliphatic heterocycles. The number of hydrogen-bond acceptors (Lipinski definition) is 1. The zero-order chi connectivity index (χ0) is 14.4. The summed E-state index contributed by atoms with van der Waals surface area (Å²) in [6, 6.07) is 0. The highest BCUT2D eigenvalue weighted by Gasteiger charge is 2.25. The van der Waals surface area contributed by atoms with Gasteiger partial charge in [0.25, 0.3) is 0 Å². The van der Waals surface area contributed by atoms with E-state index in [0.29, 0.717) is 10.2 Å². The van der Waals surface area contributed by atoms with Crippen molar-refractivity contribution < 1.29 is 0 Å². The van der Waals surface area contributed by atoms with Crippen molar-refractivity contribution in [3.8, 4) is 0 Å². The number of hydrogen-bond donors (Lipinski definition) is 0. The summed E-state index contributed by atoms with van der Waals surface area (Å²) in [7, 11) is 0. The van der Waals surface area contributed by atoms with E-state index in [4.69, 9.17) is 0 Å². The van der Waals surface area contributed by atoms with Gasteiger partial charge in [-0.15, -0.1) is 0 Å². The molecular weight excluding hydrogens is 236 g/mol. The topological polar surface area (TPSA) is 0 Å². The average Bonchev–Trinajstić information content (AvgIpc) is 2.21. The van der Waals surface area contributed by atoms with Crippen molar-refractivity contribution in [1.82, 2.24) is 0 Å². The highest BCUT2D eigenvalue weighted by molar-refractivity contribution is 8.00. The fourth-order valence-electron chi connectivity index (χ4n) is 2.72. The summed E-state index contributed by atoms with van der Waals surface area (Å²) in [5, 5.41) is 0. The lowest BCUT2D eigenvalue weighted by Crippen LogP contribution is -2.22. The molecule has 0 amide bonds. The molecule has 0 aromatic heterocycles. The van der Waals surface area contributed by atoms with Crippen molar-refractivity contribution in [2.45, 2.75) is 85.8 Å². The molecular formula is C17H36S. The molecule has 110 valence electrons. The van der Waals surface area contributed by atoms with Gasteiger partial charge in [-0.05, 0) is 42.3 Å². The molecule has 1 heteroatoms. The summed E-state index contributed by atoms with van der Waals surface area (Å²) in [4.78, 5) is 0. The molecule has 0 radical (unpaired) electrons. The van der Waals surface area contributed by atoms with Crippen LogP contribution in [-0.2, 0) is 0 Å². The van der Waals surface area contributed by atoms with Gasteiger partial charge in [0.2, 0.25) is 0 Å². The van der Waals surface area contributed by atoms with Crippen LogP contribution in [0.5, 0.6) is 0 Å². The number of rotatable bonds is 9. The van der Waals surface area contributed by atoms with Gasteiger partial charge in [0.1, 0.15) is 0 Å². The van der Waals surface area contributed by atoms with E-state index in [1.54, 1.807) is 0 Å². The second kappa shape index (κ2) is 7.82. The molecule has 0 rings (SSSR count). The summed E-state index contributed by atoms with van der Waals surface area (Å²) >= 11 is 2.17. The maximum absolute atomic E-state index is 2.44. The van der Waals surface area contributed by atoms with Crippen molar-refractivity contribution in [2.24, 2.45) is 17.3 Å². The molecule has 0 heterocycles. The lowest BCUT2D eigenvalue weighted by atomic mass is 9.75. The van der Waals surface area contributed by atoms with Crippen LogP contribution in [0.15, 0.2) is 0 Å². The molecule has 0 aliphatic carbocycles. The second-order valence-corrected chi connectivity index (χ2v) is 9.41. The third kappa shape index (κ3) is 7.71. The monoisotopic (exact) mass is 272 g/mol. The summed E-state index contributed by atoms with van der Waals surface area (Å²) in [5.74, 6) is 2.97. The van der Waals surface area contributed by atoms with Gasteiger partial charge in [-0.2, -0.15) is 11.8 Å². The maximum atomic E-state index is 2.44. The van der Waals surface area contributed by atoms with Gasteiger partial charge in [-0.1, -0.05) is 61.8 Å². The van der Waals surface area contributed by atoms with E-state index in [-0.39, 0.29) is 0 Å². The molecule has 0 aliphatic rings. The molecule has 0 fully saturated rings. The van der Waals surface area contributed by atoms with Gasteiger partial charge in [-0.3, -0.25) is 0 Å². The van der Waals surface area contributed by atoms with Crippen molar-refractivity contribution >= 4 is 11.8 Å². The Morgan fingerprint density at radius 3 is 2.00 bits per heavy atom. The minimum Gasteiger partial charge on any atom is -0.156 e. The van der Waals surface area contributed by atoms with Crippen molar-refractivity contribution in [1.29, 1.82) is 0 Å². The highest BCUT2D eigenvalue weighted by atomic mass is 32.2. The summed E-state index contributed by atoms with van der Waals surface area (Å²) in [5.41, 5.74) is 0.511. The number of thioether (sulfide) groups is 1. The standard InChI is InChI=1S/C17H36S/c1-9-15(4)16(5,6)11-10-12-18-17(7,8)13-14(2)3/h14-15H,9-13H2,1-8H3/t15-/m0/s1.